The zero-order valence-electron chi connectivity index (χ0n) is 12.7. The molecule has 0 bridgehead atoms. The van der Waals surface area contributed by atoms with Gasteiger partial charge in [-0.2, -0.15) is 0 Å². The van der Waals surface area contributed by atoms with Crippen LogP contribution >= 0.6 is 0 Å². The third-order valence-electron chi connectivity index (χ3n) is 3.02. The molecule has 0 radical (unpaired) electrons. The van der Waals surface area contributed by atoms with Crippen LogP contribution in [0, 0.1) is 0 Å². The topological polar surface area (TPSA) is 65.0 Å². The maximum Gasteiger partial charge on any atom is 0.333 e. The van der Waals surface area contributed by atoms with Crippen molar-refractivity contribution in [3.8, 4) is 0 Å². The molecule has 118 valence electrons. The molecule has 0 aliphatic carbocycles. The molecule has 0 aromatic rings. The molecule has 0 saturated heterocycles. The van der Waals surface area contributed by atoms with E-state index in [9.17, 15) is 4.79 Å². The van der Waals surface area contributed by atoms with Crippen LogP contribution in [0.25, 0.3) is 0 Å². The molecular weight excluding hydrogens is 260 g/mol. The second-order valence-corrected chi connectivity index (χ2v) is 4.71. The van der Waals surface area contributed by atoms with Crippen LogP contribution in [-0.2, 0) is 19.0 Å². The number of hydrogen-bond acceptors (Lipinski definition) is 4. The Morgan fingerprint density at radius 2 is 1.90 bits per heavy atom. The van der Waals surface area contributed by atoms with Crippen LogP contribution in [0.15, 0.2) is 12.2 Å². The maximum absolute atomic E-state index is 11.0. The fourth-order valence-electron chi connectivity index (χ4n) is 1.76. The molecule has 0 aliphatic heterocycles. The Bertz CT molecular complexity index is 251. The van der Waals surface area contributed by atoms with Crippen molar-refractivity contribution in [2.24, 2.45) is 0 Å². The largest absolute Gasteiger partial charge is 0.478 e. The molecule has 0 aliphatic rings. The Morgan fingerprint density at radius 3 is 2.50 bits per heavy atom. The minimum absolute atomic E-state index is 0.0648. The van der Waals surface area contributed by atoms with Crippen molar-refractivity contribution < 1.29 is 24.1 Å². The van der Waals surface area contributed by atoms with Gasteiger partial charge in [-0.15, -0.1) is 0 Å². The van der Waals surface area contributed by atoms with Crippen molar-refractivity contribution >= 4 is 5.97 Å². The van der Waals surface area contributed by atoms with E-state index in [0.717, 1.165) is 12.8 Å². The molecular formula is C15H28O5. The SMILES string of the molecule is C=C(C(=O)O)C(CCCCCCC)OCOCCOC. The van der Waals surface area contributed by atoms with Crippen LogP contribution in [0.3, 0.4) is 0 Å². The van der Waals surface area contributed by atoms with Gasteiger partial charge in [-0.25, -0.2) is 4.79 Å². The van der Waals surface area contributed by atoms with Gasteiger partial charge in [0.1, 0.15) is 6.79 Å². The summed E-state index contributed by atoms with van der Waals surface area (Å²) in [5.41, 5.74) is 0.0934. The Morgan fingerprint density at radius 1 is 1.20 bits per heavy atom. The number of unbranched alkanes of at least 4 members (excludes halogenated alkanes) is 4. The zero-order chi connectivity index (χ0) is 15.2. The quantitative estimate of drug-likeness (QED) is 0.302. The molecule has 0 spiro atoms. The summed E-state index contributed by atoms with van der Waals surface area (Å²) < 4.78 is 15.5. The van der Waals surface area contributed by atoms with Gasteiger partial charge in [-0.05, 0) is 6.42 Å². The van der Waals surface area contributed by atoms with Gasteiger partial charge in [-0.1, -0.05) is 45.6 Å². The van der Waals surface area contributed by atoms with Crippen molar-refractivity contribution in [1.29, 1.82) is 0 Å². The summed E-state index contributed by atoms with van der Waals surface area (Å²) in [5, 5.41) is 8.99. The Balaban J connectivity index is 3.95. The first kappa shape index (κ1) is 19.1. The van der Waals surface area contributed by atoms with E-state index in [1.807, 2.05) is 0 Å². The maximum atomic E-state index is 11.0. The number of ether oxygens (including phenoxy) is 3. The minimum Gasteiger partial charge on any atom is -0.478 e. The Hall–Kier alpha value is -0.910. The van der Waals surface area contributed by atoms with E-state index in [4.69, 9.17) is 19.3 Å². The molecule has 0 aromatic carbocycles. The predicted octanol–water partition coefficient (Wildman–Crippen LogP) is 2.99. The summed E-state index contributed by atoms with van der Waals surface area (Å²) in [6.07, 6.45) is 5.80. The molecule has 0 saturated carbocycles. The first-order chi connectivity index (χ1) is 9.63. The summed E-state index contributed by atoms with van der Waals surface area (Å²) in [6, 6.07) is 0. The van der Waals surface area contributed by atoms with Crippen LogP contribution < -0.4 is 0 Å². The highest BCUT2D eigenvalue weighted by atomic mass is 16.7. The third-order valence-corrected chi connectivity index (χ3v) is 3.02. The number of hydrogen-bond donors (Lipinski definition) is 1. The molecule has 0 fully saturated rings. The lowest BCUT2D eigenvalue weighted by Crippen LogP contribution is -2.22. The smallest absolute Gasteiger partial charge is 0.333 e. The number of carboxylic acid groups (broad SMARTS) is 1. The van der Waals surface area contributed by atoms with Gasteiger partial charge in [0.05, 0.1) is 24.9 Å². The Kier molecular flexibility index (Phi) is 12.5. The monoisotopic (exact) mass is 288 g/mol. The van der Waals surface area contributed by atoms with E-state index < -0.39 is 12.1 Å². The van der Waals surface area contributed by atoms with Gasteiger partial charge < -0.3 is 19.3 Å². The van der Waals surface area contributed by atoms with Crippen molar-refractivity contribution in [3.63, 3.8) is 0 Å². The molecule has 0 aromatic heterocycles. The van der Waals surface area contributed by atoms with Crippen LogP contribution in [0.5, 0.6) is 0 Å². The molecule has 0 amide bonds. The summed E-state index contributed by atoms with van der Waals surface area (Å²) in [4.78, 5) is 11.0. The van der Waals surface area contributed by atoms with Gasteiger partial charge in [-0.3, -0.25) is 0 Å². The van der Waals surface area contributed by atoms with Gasteiger partial charge >= 0.3 is 5.97 Å². The normalized spacial score (nSPS) is 12.3. The standard InChI is InChI=1S/C15H28O5/c1-4-5-6-7-8-9-14(13(2)15(16)17)20-12-19-11-10-18-3/h14H,2,4-12H2,1,3H3,(H,16,17). The van der Waals surface area contributed by atoms with E-state index in [2.05, 4.69) is 13.5 Å². The van der Waals surface area contributed by atoms with Crippen molar-refractivity contribution in [3.05, 3.63) is 12.2 Å². The van der Waals surface area contributed by atoms with E-state index in [1.165, 1.54) is 19.3 Å². The summed E-state index contributed by atoms with van der Waals surface area (Å²) in [6.45, 7) is 6.73. The fraction of sp³-hybridized carbons (Fsp3) is 0.800. The molecule has 0 rings (SSSR count). The van der Waals surface area contributed by atoms with Crippen LogP contribution in [-0.4, -0.2) is 44.3 Å². The molecule has 1 atom stereocenters. The average molecular weight is 288 g/mol. The number of aliphatic carboxylic acids is 1. The highest BCUT2D eigenvalue weighted by molar-refractivity contribution is 5.86. The molecule has 1 N–H and O–H groups in total. The molecule has 20 heavy (non-hydrogen) atoms. The lowest BCUT2D eigenvalue weighted by atomic mass is 10.0. The number of carboxylic acids is 1. The van der Waals surface area contributed by atoms with E-state index in [1.54, 1.807) is 7.11 Å². The molecule has 5 heteroatoms. The number of rotatable bonds is 14. The van der Waals surface area contributed by atoms with Crippen LogP contribution in [0.4, 0.5) is 0 Å². The fourth-order valence-corrected chi connectivity index (χ4v) is 1.76. The highest BCUT2D eigenvalue weighted by Gasteiger charge is 2.18. The second kappa shape index (κ2) is 13.1. The van der Waals surface area contributed by atoms with E-state index >= 15 is 0 Å². The van der Waals surface area contributed by atoms with Crippen molar-refractivity contribution in [1.82, 2.24) is 0 Å². The second-order valence-electron chi connectivity index (χ2n) is 4.71. The molecule has 0 heterocycles. The van der Waals surface area contributed by atoms with Crippen molar-refractivity contribution in [2.75, 3.05) is 27.1 Å². The first-order valence-corrected chi connectivity index (χ1v) is 7.23. The van der Waals surface area contributed by atoms with Gasteiger partial charge in [0.25, 0.3) is 0 Å². The first-order valence-electron chi connectivity index (χ1n) is 7.23. The lowest BCUT2D eigenvalue weighted by molar-refractivity contribution is -0.136. The third kappa shape index (κ3) is 9.95. The zero-order valence-corrected chi connectivity index (χ0v) is 12.7. The van der Waals surface area contributed by atoms with Gasteiger partial charge in [0.2, 0.25) is 0 Å². The van der Waals surface area contributed by atoms with E-state index in [-0.39, 0.29) is 12.4 Å². The van der Waals surface area contributed by atoms with Gasteiger partial charge in [0, 0.05) is 7.11 Å². The average Bonchev–Trinajstić information content (AvgIpc) is 2.43. The van der Waals surface area contributed by atoms with Crippen LogP contribution in [0.1, 0.15) is 45.4 Å². The summed E-state index contributed by atoms with van der Waals surface area (Å²) in [7, 11) is 1.59. The van der Waals surface area contributed by atoms with Gasteiger partial charge in [0.15, 0.2) is 0 Å². The van der Waals surface area contributed by atoms with Crippen molar-refractivity contribution in [2.45, 2.75) is 51.6 Å². The number of methoxy groups -OCH3 is 1. The van der Waals surface area contributed by atoms with Crippen LogP contribution in [0.2, 0.25) is 0 Å². The minimum atomic E-state index is -1.01. The highest BCUT2D eigenvalue weighted by Crippen LogP contribution is 2.15. The van der Waals surface area contributed by atoms with E-state index in [0.29, 0.717) is 19.6 Å². The lowest BCUT2D eigenvalue weighted by Gasteiger charge is -2.18. The Labute approximate surface area is 121 Å². The molecule has 5 nitrogen and oxygen atoms in total. The summed E-state index contributed by atoms with van der Waals surface area (Å²) >= 11 is 0. The predicted molar refractivity (Wildman–Crippen MR) is 77.7 cm³/mol. The molecule has 1 unspecified atom stereocenters. The number of carbonyl (C=O) groups is 1. The summed E-state index contributed by atoms with van der Waals surface area (Å²) in [5.74, 6) is -1.01.